The van der Waals surface area contributed by atoms with Crippen LogP contribution >= 0.6 is 0 Å². The molecule has 1 rings (SSSR count). The van der Waals surface area contributed by atoms with Crippen LogP contribution in [0.3, 0.4) is 0 Å². The molecule has 134 valence electrons. The normalized spacial score (nSPS) is 11.1. The molecule has 0 bridgehead atoms. The lowest BCUT2D eigenvalue weighted by atomic mass is 10.1. The number of nitrogens with one attached hydrogen (secondary N) is 3. The Balaban J connectivity index is 2.46. The van der Waals surface area contributed by atoms with Crippen molar-refractivity contribution in [2.75, 3.05) is 11.9 Å². The first kappa shape index (κ1) is 19.8. The summed E-state index contributed by atoms with van der Waals surface area (Å²) in [6.45, 7) is 10.6. The Hall–Kier alpha value is -2.24. The minimum absolute atomic E-state index is 0.229. The topological polar surface area (TPSA) is 79.5 Å². The quantitative estimate of drug-likeness (QED) is 0.738. The molecule has 0 spiro atoms. The van der Waals surface area contributed by atoms with E-state index in [9.17, 15) is 9.59 Å². The van der Waals surface area contributed by atoms with Crippen molar-refractivity contribution in [3.63, 3.8) is 0 Å². The summed E-state index contributed by atoms with van der Waals surface area (Å²) >= 11 is 0. The number of benzene rings is 1. The van der Waals surface area contributed by atoms with Gasteiger partial charge in [-0.2, -0.15) is 0 Å². The van der Waals surface area contributed by atoms with Crippen molar-refractivity contribution in [3.05, 3.63) is 29.8 Å². The second-order valence-electron chi connectivity index (χ2n) is 7.12. The van der Waals surface area contributed by atoms with Crippen molar-refractivity contribution in [1.82, 2.24) is 10.6 Å². The number of amides is 3. The molecule has 3 N–H and O–H groups in total. The van der Waals surface area contributed by atoms with Gasteiger partial charge in [0.1, 0.15) is 5.60 Å². The first-order chi connectivity index (χ1) is 11.2. The minimum Gasteiger partial charge on any atom is -0.444 e. The summed E-state index contributed by atoms with van der Waals surface area (Å²) < 4.78 is 5.19. The second-order valence-corrected chi connectivity index (χ2v) is 7.12. The largest absolute Gasteiger partial charge is 0.444 e. The molecule has 0 radical (unpaired) electrons. The van der Waals surface area contributed by atoms with Gasteiger partial charge in [0, 0.05) is 18.8 Å². The van der Waals surface area contributed by atoms with Crippen LogP contribution in [-0.4, -0.2) is 24.3 Å². The minimum atomic E-state index is -0.526. The molecule has 6 nitrogen and oxygen atoms in total. The van der Waals surface area contributed by atoms with Crippen molar-refractivity contribution in [2.24, 2.45) is 5.92 Å². The lowest BCUT2D eigenvalue weighted by Crippen LogP contribution is -2.32. The standard InChI is InChI=1S/C18H29N3O3/c1-13(2)9-10-19-16(22)21-15-8-6-7-14(11-15)12-20-17(23)24-18(3,4)5/h6-8,11,13H,9-10,12H2,1-5H3,(H,20,23)(H2,19,21,22). The summed E-state index contributed by atoms with van der Waals surface area (Å²) in [7, 11) is 0. The molecule has 24 heavy (non-hydrogen) atoms. The van der Waals surface area contributed by atoms with E-state index in [1.165, 1.54) is 0 Å². The van der Waals surface area contributed by atoms with Crippen LogP contribution in [0.25, 0.3) is 0 Å². The van der Waals surface area contributed by atoms with E-state index in [0.717, 1.165) is 12.0 Å². The predicted octanol–water partition coefficient (Wildman–Crippen LogP) is 3.88. The van der Waals surface area contributed by atoms with Crippen molar-refractivity contribution in [2.45, 2.75) is 53.2 Å². The molecule has 3 amide bonds. The Kier molecular flexibility index (Phi) is 7.55. The van der Waals surface area contributed by atoms with E-state index >= 15 is 0 Å². The molecule has 0 saturated carbocycles. The molecule has 0 saturated heterocycles. The van der Waals surface area contributed by atoms with Crippen LogP contribution in [-0.2, 0) is 11.3 Å². The van der Waals surface area contributed by atoms with E-state index in [1.54, 1.807) is 6.07 Å². The first-order valence-corrected chi connectivity index (χ1v) is 8.26. The number of hydrogen-bond donors (Lipinski definition) is 3. The number of rotatable bonds is 6. The van der Waals surface area contributed by atoms with Crippen LogP contribution in [0.4, 0.5) is 15.3 Å². The average Bonchev–Trinajstić information content (AvgIpc) is 2.43. The van der Waals surface area contributed by atoms with Gasteiger partial charge in [0.25, 0.3) is 0 Å². The highest BCUT2D eigenvalue weighted by Crippen LogP contribution is 2.11. The van der Waals surface area contributed by atoms with Crippen molar-refractivity contribution >= 4 is 17.8 Å². The van der Waals surface area contributed by atoms with Crippen LogP contribution in [0, 0.1) is 5.92 Å². The molecule has 0 aliphatic heterocycles. The van der Waals surface area contributed by atoms with Gasteiger partial charge in [-0.1, -0.05) is 26.0 Å². The lowest BCUT2D eigenvalue weighted by molar-refractivity contribution is 0.0523. The van der Waals surface area contributed by atoms with Crippen LogP contribution < -0.4 is 16.0 Å². The Morgan fingerprint density at radius 1 is 1.17 bits per heavy atom. The Morgan fingerprint density at radius 2 is 1.88 bits per heavy atom. The second kappa shape index (κ2) is 9.15. The molecule has 0 heterocycles. The van der Waals surface area contributed by atoms with E-state index in [4.69, 9.17) is 4.74 Å². The summed E-state index contributed by atoms with van der Waals surface area (Å²) in [5.41, 5.74) is 1.03. The Morgan fingerprint density at radius 3 is 2.50 bits per heavy atom. The highest BCUT2D eigenvalue weighted by atomic mass is 16.6. The zero-order chi connectivity index (χ0) is 18.2. The fourth-order valence-electron chi connectivity index (χ4n) is 1.90. The summed E-state index contributed by atoms with van der Waals surface area (Å²) in [5.74, 6) is 0.549. The highest BCUT2D eigenvalue weighted by Gasteiger charge is 2.15. The predicted molar refractivity (Wildman–Crippen MR) is 96.0 cm³/mol. The van der Waals surface area contributed by atoms with E-state index in [1.807, 2.05) is 39.0 Å². The SMILES string of the molecule is CC(C)CCNC(=O)Nc1cccc(CNC(=O)OC(C)(C)C)c1. The monoisotopic (exact) mass is 335 g/mol. The van der Waals surface area contributed by atoms with Gasteiger partial charge in [-0.3, -0.25) is 0 Å². The van der Waals surface area contributed by atoms with Crippen molar-refractivity contribution < 1.29 is 14.3 Å². The summed E-state index contributed by atoms with van der Waals surface area (Å²) in [6.07, 6.45) is 0.472. The molecule has 0 aliphatic carbocycles. The number of urea groups is 1. The number of hydrogen-bond acceptors (Lipinski definition) is 3. The van der Waals surface area contributed by atoms with Gasteiger partial charge < -0.3 is 20.7 Å². The number of ether oxygens (including phenoxy) is 1. The summed E-state index contributed by atoms with van der Waals surface area (Å²) in [5, 5.41) is 8.30. The zero-order valence-corrected chi connectivity index (χ0v) is 15.2. The molecule has 0 atom stereocenters. The molecule has 1 aromatic rings. The van der Waals surface area contributed by atoms with Crippen LogP contribution in [0.15, 0.2) is 24.3 Å². The van der Waals surface area contributed by atoms with Gasteiger partial charge in [-0.15, -0.1) is 0 Å². The average molecular weight is 335 g/mol. The number of carbonyl (C=O) groups is 2. The van der Waals surface area contributed by atoms with Gasteiger partial charge in [0.15, 0.2) is 0 Å². The van der Waals surface area contributed by atoms with Gasteiger partial charge >= 0.3 is 12.1 Å². The third-order valence-electron chi connectivity index (χ3n) is 3.03. The van der Waals surface area contributed by atoms with Gasteiger partial charge in [-0.05, 0) is 50.8 Å². The Bertz CT molecular complexity index is 551. The fraction of sp³-hybridized carbons (Fsp3) is 0.556. The van der Waals surface area contributed by atoms with Gasteiger partial charge in [-0.25, -0.2) is 9.59 Å². The van der Waals surface area contributed by atoms with E-state index in [2.05, 4.69) is 29.8 Å². The van der Waals surface area contributed by atoms with Crippen LogP contribution in [0.5, 0.6) is 0 Å². The summed E-state index contributed by atoms with van der Waals surface area (Å²) in [6, 6.07) is 7.10. The lowest BCUT2D eigenvalue weighted by Gasteiger charge is -2.19. The maximum absolute atomic E-state index is 11.8. The number of carbonyl (C=O) groups excluding carboxylic acids is 2. The van der Waals surface area contributed by atoms with E-state index < -0.39 is 11.7 Å². The molecule has 0 aromatic heterocycles. The smallest absolute Gasteiger partial charge is 0.407 e. The van der Waals surface area contributed by atoms with E-state index in [-0.39, 0.29) is 6.03 Å². The molecule has 0 fully saturated rings. The van der Waals surface area contributed by atoms with Gasteiger partial charge in [0.2, 0.25) is 0 Å². The molecule has 6 heteroatoms. The molecule has 0 unspecified atom stereocenters. The van der Waals surface area contributed by atoms with E-state index in [0.29, 0.717) is 24.7 Å². The zero-order valence-electron chi connectivity index (χ0n) is 15.2. The maximum atomic E-state index is 11.8. The molecular formula is C18H29N3O3. The number of anilines is 1. The summed E-state index contributed by atoms with van der Waals surface area (Å²) in [4.78, 5) is 23.5. The molecule has 0 aliphatic rings. The maximum Gasteiger partial charge on any atom is 0.407 e. The fourth-order valence-corrected chi connectivity index (χ4v) is 1.90. The van der Waals surface area contributed by atoms with Crippen LogP contribution in [0.1, 0.15) is 46.6 Å². The van der Waals surface area contributed by atoms with Crippen molar-refractivity contribution in [1.29, 1.82) is 0 Å². The molecule has 1 aromatic carbocycles. The Labute approximate surface area is 144 Å². The first-order valence-electron chi connectivity index (χ1n) is 8.26. The van der Waals surface area contributed by atoms with Gasteiger partial charge in [0.05, 0.1) is 0 Å². The third-order valence-corrected chi connectivity index (χ3v) is 3.03. The van der Waals surface area contributed by atoms with Crippen LogP contribution in [0.2, 0.25) is 0 Å². The molecular weight excluding hydrogens is 306 g/mol. The third kappa shape index (κ3) is 9.02. The number of alkyl carbamates (subject to hydrolysis) is 1. The van der Waals surface area contributed by atoms with Crippen molar-refractivity contribution in [3.8, 4) is 0 Å². The highest BCUT2D eigenvalue weighted by molar-refractivity contribution is 5.89.